The highest BCUT2D eigenvalue weighted by Gasteiger charge is 2.58. The summed E-state index contributed by atoms with van der Waals surface area (Å²) in [5.41, 5.74) is 23.6. The largest absolute Gasteiger partial charge is 0.375 e. The lowest BCUT2D eigenvalue weighted by Gasteiger charge is -2.34. The quantitative estimate of drug-likeness (QED) is 0.135. The summed E-state index contributed by atoms with van der Waals surface area (Å²) < 4.78 is 33.1. The van der Waals surface area contributed by atoms with E-state index in [1.165, 1.54) is 170 Å². The molecule has 13 nitrogen and oxygen atoms in total. The Bertz CT molecular complexity index is 4970. The summed E-state index contributed by atoms with van der Waals surface area (Å²) in [7, 11) is 0. The molecule has 7 aliphatic heterocycles. The Morgan fingerprint density at radius 1 is 0.323 bits per heavy atom. The smallest absolute Gasteiger partial charge is 0.261 e. The standard InChI is InChI=1S/C19H23F2NO.3C17H22N2.2C17H24N2.C14H21N/c1-14(2)22-11-12-23-13-16-15(5-4-6-17(16)22)7-8-19(9-10-19)18(3,20)21;1-13(2)19-12-4-5-15-14(7-11-18-16(15)19)6-8-17(3)9-10-17;2*1-13(2)19-10-4-5-15-14(11-18-12-16(15)19)6-7-17(3)8-9-17;2*1-13(2)19-10-6-7-15-14(8-9-17(3,4)5)11-18-12-16(15)19;1-12(2)15-11-7-3-4-8-13-9-5-6-10-14(13)15/h4-6,14H,9-13H2,1-3H3;7,11,13H,4-5,9-10,12H2,1-3H3;2*11-13H,4-5,8-10H2,1-3H3;2*11-13H,6-7,10H2,1-5H3;5-6,9-10,12H,3-4,7-8,11H2,1-2H3. The molecule has 0 unspecified atom stereocenters. The van der Waals surface area contributed by atoms with Crippen molar-refractivity contribution in [2.45, 2.75) is 362 Å². The fourth-order valence-electron chi connectivity index (χ4n) is 18.5. The summed E-state index contributed by atoms with van der Waals surface area (Å²) in [5.74, 6) is 38.2. The number of anilines is 7. The van der Waals surface area contributed by atoms with Gasteiger partial charge in [-0.1, -0.05) is 102 Å². The van der Waals surface area contributed by atoms with Crippen LogP contribution in [0.2, 0.25) is 0 Å². The first-order valence-corrected chi connectivity index (χ1v) is 50.7. The number of ether oxygens (including phenoxy) is 1. The monoisotopic (exact) mass is 1800 g/mol. The molecule has 11 aliphatic rings. The van der Waals surface area contributed by atoms with Gasteiger partial charge in [0.1, 0.15) is 5.82 Å². The Kier molecular flexibility index (Phi) is 34.2. The topological polar surface area (TPSA) is 96.4 Å². The second-order valence-electron chi connectivity index (χ2n) is 43.9. The van der Waals surface area contributed by atoms with Crippen molar-refractivity contribution in [1.29, 1.82) is 0 Å². The van der Waals surface area contributed by atoms with Gasteiger partial charge >= 0.3 is 0 Å². The van der Waals surface area contributed by atoms with Crippen LogP contribution in [0.3, 0.4) is 0 Å². The summed E-state index contributed by atoms with van der Waals surface area (Å²) >= 11 is 0. The maximum absolute atomic E-state index is 13.7. The van der Waals surface area contributed by atoms with Crippen LogP contribution in [0.1, 0.15) is 341 Å². The molecule has 133 heavy (non-hydrogen) atoms. The molecule has 0 atom stereocenters. The molecule has 0 spiro atoms. The highest BCUT2D eigenvalue weighted by molar-refractivity contribution is 5.67. The van der Waals surface area contributed by atoms with Crippen LogP contribution in [0.25, 0.3) is 0 Å². The fraction of sp³-hybridized carbons (Fsp3) is 0.585. The molecule has 4 saturated carbocycles. The molecule has 0 N–H and O–H groups in total. The Hall–Kier alpha value is -10.0. The van der Waals surface area contributed by atoms with Crippen molar-refractivity contribution >= 4 is 39.9 Å². The normalized spacial score (nSPS) is 18.0. The summed E-state index contributed by atoms with van der Waals surface area (Å²) in [6, 6.07) is 20.5. The van der Waals surface area contributed by atoms with Crippen molar-refractivity contribution in [1.82, 2.24) is 24.9 Å². The Morgan fingerprint density at radius 3 is 1.06 bits per heavy atom. The molecule has 12 heterocycles. The van der Waals surface area contributed by atoms with Crippen LogP contribution in [0.5, 0.6) is 0 Å². The average molecular weight is 1800 g/mol. The van der Waals surface area contributed by atoms with E-state index in [0.717, 1.165) is 123 Å². The number of para-hydroxylation sites is 1. The van der Waals surface area contributed by atoms with E-state index < -0.39 is 11.3 Å². The molecule has 0 radical (unpaired) electrons. The minimum atomic E-state index is -2.74. The van der Waals surface area contributed by atoms with Gasteiger partial charge in [-0.3, -0.25) is 19.9 Å². The van der Waals surface area contributed by atoms with Crippen LogP contribution in [-0.2, 0) is 49.9 Å². The van der Waals surface area contributed by atoms with Crippen molar-refractivity contribution < 1.29 is 13.5 Å². The predicted molar refractivity (Wildman–Crippen MR) is 555 cm³/mol. The van der Waals surface area contributed by atoms with E-state index in [1.54, 1.807) is 0 Å². The van der Waals surface area contributed by atoms with Crippen molar-refractivity contribution in [3.8, 4) is 71.0 Å². The zero-order valence-electron chi connectivity index (χ0n) is 85.8. The van der Waals surface area contributed by atoms with E-state index >= 15 is 0 Å². The minimum Gasteiger partial charge on any atom is -0.375 e. The lowest BCUT2D eigenvalue weighted by molar-refractivity contribution is -0.0294. The van der Waals surface area contributed by atoms with Crippen molar-refractivity contribution in [2.24, 2.45) is 32.5 Å². The third-order valence-electron chi connectivity index (χ3n) is 27.7. The SMILES string of the molecule is CC(C)N1CCCCCc2ccccc21.CC(C)N1CCCc2c(C#CC(C)(C)C)cncc21.CC(C)N1CCCc2c(C#CC(C)(C)C)cncc21.CC(C)N1CCCc2c(C#CC3(C)CC3)ccnc21.CC(C)N1CCCc2c(C#CC3(C)CC3)cncc21.CC(C)N1CCCc2c(C#CC3(C)CC3)cncc21.CC(C)N1CCOCc2c(C#CC3(C(C)(F)F)CC3)cccc21. The van der Waals surface area contributed by atoms with E-state index in [9.17, 15) is 8.78 Å². The van der Waals surface area contributed by atoms with E-state index in [0.29, 0.717) is 73.8 Å². The average Bonchev–Trinajstić information content (AvgIpc) is 1.60. The number of aryl methyl sites for hydroxylation is 1. The number of pyridine rings is 5. The number of halogens is 2. The zero-order chi connectivity index (χ0) is 95.8. The first kappa shape index (κ1) is 102. The van der Waals surface area contributed by atoms with E-state index in [1.807, 2.05) is 67.9 Å². The van der Waals surface area contributed by atoms with Crippen molar-refractivity contribution in [3.05, 3.63) is 177 Å². The first-order valence-electron chi connectivity index (χ1n) is 50.7. The van der Waals surface area contributed by atoms with Crippen LogP contribution in [0.15, 0.2) is 104 Å². The molecular formula is C118H158F2N12O. The molecule has 7 aromatic rings. The van der Waals surface area contributed by atoms with Crippen LogP contribution in [-0.4, -0.2) is 126 Å². The maximum atomic E-state index is 13.7. The number of aromatic nitrogens is 5. The highest BCUT2D eigenvalue weighted by Crippen LogP contribution is 2.56. The molecule has 0 bridgehead atoms. The molecule has 2 aromatic carbocycles. The number of rotatable bonds is 8. The predicted octanol–water partition coefficient (Wildman–Crippen LogP) is 25.3. The molecular weight excluding hydrogens is 1640 g/mol. The van der Waals surface area contributed by atoms with Crippen LogP contribution in [0, 0.1) is 104 Å². The third-order valence-corrected chi connectivity index (χ3v) is 27.7. The lowest BCUT2D eigenvalue weighted by atomic mass is 9.94. The highest BCUT2D eigenvalue weighted by atomic mass is 19.3. The molecule has 4 fully saturated rings. The van der Waals surface area contributed by atoms with Crippen LogP contribution >= 0.6 is 0 Å². The first-order chi connectivity index (χ1) is 63.2. The van der Waals surface area contributed by atoms with Gasteiger partial charge in [-0.25, -0.2) is 13.8 Å². The van der Waals surface area contributed by atoms with Gasteiger partial charge in [-0.2, -0.15) is 0 Å². The van der Waals surface area contributed by atoms with Crippen LogP contribution in [0.4, 0.5) is 48.7 Å². The molecule has 5 aromatic heterocycles. The third kappa shape index (κ3) is 27.9. The lowest BCUT2D eigenvalue weighted by Crippen LogP contribution is -2.36. The Labute approximate surface area is 802 Å². The van der Waals surface area contributed by atoms with Gasteiger partial charge in [0.15, 0.2) is 0 Å². The molecule has 18 rings (SSSR count). The van der Waals surface area contributed by atoms with Gasteiger partial charge in [0.05, 0.1) is 66.2 Å². The fourth-order valence-corrected chi connectivity index (χ4v) is 18.5. The number of fused-ring (bicyclic) bond motifs is 7. The molecule has 0 saturated heterocycles. The number of benzene rings is 2. The number of alkyl halides is 2. The second-order valence-corrected chi connectivity index (χ2v) is 43.9. The van der Waals surface area contributed by atoms with E-state index in [-0.39, 0.29) is 21.7 Å². The van der Waals surface area contributed by atoms with Gasteiger partial charge in [-0.05, 0) is 346 Å². The molecule has 4 aliphatic carbocycles. The number of hydrogen-bond acceptors (Lipinski definition) is 13. The second kappa shape index (κ2) is 44.6. The molecule has 0 amide bonds. The van der Waals surface area contributed by atoms with Gasteiger partial charge in [0, 0.05) is 209 Å². The van der Waals surface area contributed by atoms with E-state index in [2.05, 4.69) is 326 Å². The van der Waals surface area contributed by atoms with Gasteiger partial charge < -0.3 is 39.0 Å². The van der Waals surface area contributed by atoms with Gasteiger partial charge in [-0.15, -0.1) is 0 Å². The summed E-state index contributed by atoms with van der Waals surface area (Å²) in [4.78, 5) is 39.2. The van der Waals surface area contributed by atoms with Gasteiger partial charge in [0.25, 0.3) is 5.92 Å². The molecule has 15 heteroatoms. The minimum absolute atomic E-state index is 0.0368. The zero-order valence-corrected chi connectivity index (χ0v) is 85.8. The van der Waals surface area contributed by atoms with Crippen molar-refractivity contribution in [2.75, 3.05) is 86.7 Å². The summed E-state index contributed by atoms with van der Waals surface area (Å²) in [5, 5.41) is 0. The maximum Gasteiger partial charge on any atom is 0.261 e. The van der Waals surface area contributed by atoms with Crippen molar-refractivity contribution in [3.63, 3.8) is 0 Å². The van der Waals surface area contributed by atoms with E-state index in [4.69, 9.17) is 4.74 Å². The number of hydrogen-bond donors (Lipinski definition) is 0. The number of nitrogens with zero attached hydrogens (tertiary/aromatic N) is 12. The molecule has 710 valence electrons. The summed E-state index contributed by atoms with van der Waals surface area (Å²) in [6.07, 6.45) is 43.2. The Balaban J connectivity index is 0.000000140. The summed E-state index contributed by atoms with van der Waals surface area (Å²) in [6.45, 7) is 60.7. The Morgan fingerprint density at radius 2 is 0.669 bits per heavy atom. The van der Waals surface area contributed by atoms with Gasteiger partial charge in [0.2, 0.25) is 0 Å². The van der Waals surface area contributed by atoms with Crippen LogP contribution < -0.4 is 34.3 Å².